The van der Waals surface area contributed by atoms with Crippen molar-refractivity contribution >= 4 is 47.8 Å². The molecule has 0 amide bonds. The molecule has 0 bridgehead atoms. The van der Waals surface area contributed by atoms with Gasteiger partial charge in [-0.3, -0.25) is 38.4 Å². The second kappa shape index (κ2) is 47.1. The zero-order valence-electron chi connectivity index (χ0n) is 50.6. The molecule has 0 aliphatic carbocycles. The maximum absolute atomic E-state index is 11.4. The van der Waals surface area contributed by atoms with E-state index in [1.54, 1.807) is 34.6 Å². The Morgan fingerprint density at radius 3 is 1.14 bits per heavy atom. The Balaban J connectivity index is -0.000000140. The average molecular weight is 1070 g/mol. The molecule has 6 atom stereocenters. The maximum Gasteiger partial charge on any atom is 0.311 e. The first-order valence-corrected chi connectivity index (χ1v) is 26.0. The molecule has 0 aromatic rings. The molecule has 0 spiro atoms. The Bertz CT molecular complexity index is 1500. The van der Waals surface area contributed by atoms with Gasteiger partial charge in [0.25, 0.3) is 0 Å². The monoisotopic (exact) mass is 1070 g/mol. The van der Waals surface area contributed by atoms with Gasteiger partial charge in [-0.2, -0.15) is 0 Å². The van der Waals surface area contributed by atoms with Crippen LogP contribution in [0.15, 0.2) is 0 Å². The molecule has 0 aromatic carbocycles. The number of carboxylic acids is 2. The molecule has 4 N–H and O–H groups in total. The van der Waals surface area contributed by atoms with Crippen molar-refractivity contribution < 1.29 is 91.9 Å². The van der Waals surface area contributed by atoms with Crippen LogP contribution in [0.25, 0.3) is 0 Å². The van der Waals surface area contributed by atoms with Crippen LogP contribution in [0.1, 0.15) is 204 Å². The summed E-state index contributed by atoms with van der Waals surface area (Å²) in [5.41, 5.74) is -1.72. The SMILES string of the molecule is CCC(C)(C)C(=O)O.CCC(C)(C)C(=O)OC.CCC(C)(C)C(=O)OCC(O)CO.CCC(C)(C)C(=O)OCC1CO1.CCC(C)C(=O)O.CCC(C)C(=O)OC.CCC(C)OC(C)=O.CCOC(=O)C(C)CC. The Morgan fingerprint density at radius 2 is 0.932 bits per heavy atom. The first-order valence-electron chi connectivity index (χ1n) is 26.0. The standard InChI is InChI=1S/C9H18O4.C9H16O3.2C7H14O2.3C6H12O2.C5H10O2/c1-4-9(2,3)8(12)13-6-7(11)5-10;1-4-9(2,3)8(10)12-6-7-5-11-7;1-5-7(2,3)6(8)9-4;1-4-6(3)7(8)9-5-2;1-4-6(2,3)5(7)8;1-4-5(2)6(7)8-3;1-4-5(2)8-6(3)7;1-3-4(2)5(6)7/h7,10-11H,4-6H2,1-3H3;7H,4-6H2,1-3H3;5H2,1-4H3;6H,4-5H2,1-3H3;4H2,1-3H3,(H,7,8);2*5H,4H2,1-3H3;4H,3H2,1-2H3,(H,6,7). The molecule has 1 aliphatic heterocycles. The summed E-state index contributed by atoms with van der Waals surface area (Å²) >= 11 is 0. The Labute approximate surface area is 447 Å². The molecule has 1 heterocycles. The van der Waals surface area contributed by atoms with E-state index in [0.717, 1.165) is 45.1 Å². The summed E-state index contributed by atoms with van der Waals surface area (Å²) in [5, 5.41) is 34.0. The van der Waals surface area contributed by atoms with E-state index in [1.165, 1.54) is 21.1 Å². The number of carbonyl (C=O) groups is 8. The van der Waals surface area contributed by atoms with Crippen molar-refractivity contribution in [2.45, 2.75) is 222 Å². The van der Waals surface area contributed by atoms with Crippen LogP contribution in [-0.4, -0.2) is 134 Å². The normalized spacial score (nSPS) is 14.2. The molecule has 442 valence electrons. The van der Waals surface area contributed by atoms with E-state index in [9.17, 15) is 38.4 Å². The largest absolute Gasteiger partial charge is 0.481 e. The number of carbonyl (C=O) groups excluding carboxylic acids is 6. The first kappa shape index (κ1) is 83.6. The number of ether oxygens (including phenoxy) is 7. The van der Waals surface area contributed by atoms with Crippen LogP contribution in [0.5, 0.6) is 0 Å². The van der Waals surface area contributed by atoms with Crippen molar-refractivity contribution in [1.82, 2.24) is 0 Å². The lowest BCUT2D eigenvalue weighted by atomic mass is 9.91. The molecule has 1 aliphatic rings. The summed E-state index contributed by atoms with van der Waals surface area (Å²) in [6.07, 6.45) is 5.58. The van der Waals surface area contributed by atoms with Gasteiger partial charge in [-0.25, -0.2) is 0 Å². The van der Waals surface area contributed by atoms with Gasteiger partial charge in [-0.15, -0.1) is 0 Å². The van der Waals surface area contributed by atoms with Gasteiger partial charge in [0.1, 0.15) is 25.4 Å². The van der Waals surface area contributed by atoms with E-state index in [1.807, 2.05) is 111 Å². The number of hydrogen-bond donors (Lipinski definition) is 4. The van der Waals surface area contributed by atoms with Gasteiger partial charge >= 0.3 is 47.8 Å². The van der Waals surface area contributed by atoms with Crippen molar-refractivity contribution in [3.8, 4) is 0 Å². The van der Waals surface area contributed by atoms with Crippen molar-refractivity contribution in [1.29, 1.82) is 0 Å². The Morgan fingerprint density at radius 1 is 0.554 bits per heavy atom. The highest BCUT2D eigenvalue weighted by molar-refractivity contribution is 5.77. The van der Waals surface area contributed by atoms with Gasteiger partial charge < -0.3 is 53.6 Å². The number of aliphatic hydroxyl groups excluding tert-OH is 2. The highest BCUT2D eigenvalue weighted by atomic mass is 16.6. The second-order valence-corrected chi connectivity index (χ2v) is 20.1. The van der Waals surface area contributed by atoms with Gasteiger partial charge in [-0.1, -0.05) is 76.2 Å². The highest BCUT2D eigenvalue weighted by Crippen LogP contribution is 2.23. The first-order chi connectivity index (χ1) is 33.8. The lowest BCUT2D eigenvalue weighted by Gasteiger charge is -2.21. The van der Waals surface area contributed by atoms with Gasteiger partial charge in [0, 0.05) is 6.92 Å². The van der Waals surface area contributed by atoms with Crippen LogP contribution in [0.3, 0.4) is 0 Å². The fraction of sp³-hybridized carbons (Fsp3) is 0.855. The molecule has 19 nitrogen and oxygen atoms in total. The van der Waals surface area contributed by atoms with E-state index in [4.69, 9.17) is 44.1 Å². The lowest BCUT2D eigenvalue weighted by Crippen LogP contribution is -2.30. The number of aliphatic hydroxyl groups is 2. The number of epoxide rings is 1. The van der Waals surface area contributed by atoms with Crippen LogP contribution in [0.2, 0.25) is 0 Å². The molecule has 74 heavy (non-hydrogen) atoms. The molecule has 1 fully saturated rings. The van der Waals surface area contributed by atoms with E-state index < -0.39 is 28.9 Å². The second-order valence-electron chi connectivity index (χ2n) is 20.1. The number of rotatable bonds is 22. The third-order valence-electron chi connectivity index (χ3n) is 11.9. The van der Waals surface area contributed by atoms with Gasteiger partial charge in [0.2, 0.25) is 0 Å². The van der Waals surface area contributed by atoms with Crippen molar-refractivity contribution in [3.63, 3.8) is 0 Å². The van der Waals surface area contributed by atoms with Crippen LogP contribution in [0, 0.1) is 39.4 Å². The average Bonchev–Trinajstić information content (AvgIpc) is 4.21. The van der Waals surface area contributed by atoms with Crippen LogP contribution >= 0.6 is 0 Å². The third-order valence-corrected chi connectivity index (χ3v) is 11.9. The van der Waals surface area contributed by atoms with Crippen LogP contribution in [0.4, 0.5) is 0 Å². The molecule has 0 saturated carbocycles. The number of methoxy groups -OCH3 is 2. The molecule has 1 saturated heterocycles. The quantitative estimate of drug-likeness (QED) is 0.0445. The zero-order chi connectivity index (χ0) is 60.2. The predicted octanol–water partition coefficient (Wildman–Crippen LogP) is 10.1. The smallest absolute Gasteiger partial charge is 0.311 e. The van der Waals surface area contributed by atoms with Crippen molar-refractivity contribution in [2.24, 2.45) is 39.4 Å². The Hall–Kier alpha value is -4.36. The summed E-state index contributed by atoms with van der Waals surface area (Å²) in [6.45, 7) is 41.7. The van der Waals surface area contributed by atoms with Gasteiger partial charge in [0.15, 0.2) is 0 Å². The molecular formula is C55H108O19. The minimum absolute atomic E-state index is 0.0556. The minimum atomic E-state index is -0.975. The molecular weight excluding hydrogens is 965 g/mol. The summed E-state index contributed by atoms with van der Waals surface area (Å²) in [4.78, 5) is 85.1. The van der Waals surface area contributed by atoms with Crippen molar-refractivity contribution in [3.05, 3.63) is 0 Å². The van der Waals surface area contributed by atoms with Gasteiger partial charge in [-0.05, 0) is 121 Å². The molecule has 1 rings (SSSR count). The fourth-order valence-electron chi connectivity index (χ4n) is 3.17. The third kappa shape index (κ3) is 49.8. The minimum Gasteiger partial charge on any atom is -0.481 e. The maximum atomic E-state index is 11.4. The molecule has 6 unspecified atom stereocenters. The number of hydrogen-bond acceptors (Lipinski definition) is 17. The van der Waals surface area contributed by atoms with E-state index >= 15 is 0 Å². The van der Waals surface area contributed by atoms with Crippen molar-refractivity contribution in [2.75, 3.05) is 47.3 Å². The number of carboxylic acid groups (broad SMARTS) is 2. The Kier molecular flexibility index (Phi) is 53.2. The van der Waals surface area contributed by atoms with E-state index in [2.05, 4.69) is 9.47 Å². The molecule has 19 heteroatoms. The summed E-state index contributed by atoms with van der Waals surface area (Å²) < 4.78 is 33.3. The zero-order valence-corrected chi connectivity index (χ0v) is 50.6. The predicted molar refractivity (Wildman–Crippen MR) is 287 cm³/mol. The summed E-state index contributed by atoms with van der Waals surface area (Å²) in [6, 6.07) is 0. The van der Waals surface area contributed by atoms with E-state index in [-0.39, 0.29) is 89.8 Å². The summed E-state index contributed by atoms with van der Waals surface area (Å²) in [7, 11) is 2.83. The lowest BCUT2D eigenvalue weighted by molar-refractivity contribution is -0.158. The topological polar surface area (TPSA) is 285 Å². The highest BCUT2D eigenvalue weighted by Gasteiger charge is 2.31. The molecule has 0 aromatic heterocycles. The number of aliphatic carboxylic acids is 2. The van der Waals surface area contributed by atoms with Crippen LogP contribution in [-0.2, 0) is 71.5 Å². The van der Waals surface area contributed by atoms with Gasteiger partial charge in [0.05, 0.1) is 79.6 Å². The fourth-order valence-corrected chi connectivity index (χ4v) is 3.17. The summed E-state index contributed by atoms with van der Waals surface area (Å²) in [5.74, 6) is -2.49. The number of esters is 6. The van der Waals surface area contributed by atoms with E-state index in [0.29, 0.717) is 26.1 Å². The molecule has 0 radical (unpaired) electrons. The van der Waals surface area contributed by atoms with Crippen LogP contribution < -0.4 is 0 Å².